The summed E-state index contributed by atoms with van der Waals surface area (Å²) in [7, 11) is 0. The minimum absolute atomic E-state index is 0.00917. The van der Waals surface area contributed by atoms with Crippen molar-refractivity contribution in [3.63, 3.8) is 0 Å². The number of H-pyrrole nitrogens is 1. The van der Waals surface area contributed by atoms with E-state index in [2.05, 4.69) is 9.97 Å². The summed E-state index contributed by atoms with van der Waals surface area (Å²) < 4.78 is 5.69. The fourth-order valence-electron chi connectivity index (χ4n) is 3.62. The molecule has 4 rings (SSSR count). The second-order valence-electron chi connectivity index (χ2n) is 7.57. The van der Waals surface area contributed by atoms with Gasteiger partial charge in [-0.25, -0.2) is 4.98 Å². The average Bonchev–Trinajstić information content (AvgIpc) is 3.25. The van der Waals surface area contributed by atoms with Gasteiger partial charge in [0.2, 0.25) is 5.91 Å². The van der Waals surface area contributed by atoms with Crippen molar-refractivity contribution in [3.05, 3.63) is 59.9 Å². The van der Waals surface area contributed by atoms with E-state index in [1.165, 1.54) is 5.56 Å². The van der Waals surface area contributed by atoms with Crippen LogP contribution in [0.15, 0.2) is 48.8 Å². The number of ether oxygens (including phenoxy) is 1. The lowest BCUT2D eigenvalue weighted by Gasteiger charge is -2.35. The number of fused-ring (bicyclic) bond motifs is 1. The van der Waals surface area contributed by atoms with Crippen LogP contribution in [0.5, 0.6) is 5.75 Å². The summed E-state index contributed by atoms with van der Waals surface area (Å²) in [4.78, 5) is 36.1. The Hall–Kier alpha value is -3.35. The van der Waals surface area contributed by atoms with E-state index in [0.717, 1.165) is 16.8 Å². The maximum atomic E-state index is 12.8. The van der Waals surface area contributed by atoms with Gasteiger partial charge in [0.05, 0.1) is 24.0 Å². The lowest BCUT2D eigenvalue weighted by atomic mass is 10.1. The van der Waals surface area contributed by atoms with Crippen LogP contribution in [0.2, 0.25) is 0 Å². The van der Waals surface area contributed by atoms with Crippen LogP contribution in [-0.2, 0) is 4.79 Å². The summed E-state index contributed by atoms with van der Waals surface area (Å²) in [6, 6.07) is 13.4. The van der Waals surface area contributed by atoms with Crippen molar-refractivity contribution in [2.75, 3.05) is 32.8 Å². The summed E-state index contributed by atoms with van der Waals surface area (Å²) in [5.41, 5.74) is 3.52. The first-order valence-corrected chi connectivity index (χ1v) is 10.3. The Kier molecular flexibility index (Phi) is 5.97. The van der Waals surface area contributed by atoms with Gasteiger partial charge in [0.25, 0.3) is 5.91 Å². The number of carbonyl (C=O) groups excluding carboxylic acids is 2. The van der Waals surface area contributed by atoms with E-state index < -0.39 is 0 Å². The van der Waals surface area contributed by atoms with Crippen molar-refractivity contribution in [2.24, 2.45) is 0 Å². The van der Waals surface area contributed by atoms with Gasteiger partial charge >= 0.3 is 0 Å². The quantitative estimate of drug-likeness (QED) is 0.639. The molecule has 2 amide bonds. The van der Waals surface area contributed by atoms with E-state index in [1.54, 1.807) is 12.4 Å². The SMILES string of the molecule is Cc1ccc(OCCCC(=O)N2CCN(C(=O)c3ccc4nc[nH]c4c3)CC2)cc1. The number of aryl methyl sites for hydroxylation is 1. The first kappa shape index (κ1) is 19.9. The number of amides is 2. The van der Waals surface area contributed by atoms with Gasteiger partial charge in [-0.05, 0) is 43.7 Å². The molecule has 7 heteroatoms. The van der Waals surface area contributed by atoms with Gasteiger partial charge in [0, 0.05) is 38.2 Å². The van der Waals surface area contributed by atoms with Crippen LogP contribution in [0.4, 0.5) is 0 Å². The molecule has 0 radical (unpaired) electrons. The number of nitrogens with zero attached hydrogens (tertiary/aromatic N) is 3. The highest BCUT2D eigenvalue weighted by molar-refractivity contribution is 5.97. The molecule has 0 spiro atoms. The van der Waals surface area contributed by atoms with E-state index in [0.29, 0.717) is 51.2 Å². The summed E-state index contributed by atoms with van der Waals surface area (Å²) in [6.45, 7) is 4.78. The molecular weight excluding hydrogens is 380 g/mol. The number of piperazine rings is 1. The molecular formula is C23H26N4O3. The first-order chi connectivity index (χ1) is 14.6. The van der Waals surface area contributed by atoms with Gasteiger partial charge in [0.15, 0.2) is 0 Å². The maximum Gasteiger partial charge on any atom is 0.254 e. The predicted octanol–water partition coefficient (Wildman–Crippen LogP) is 3.01. The van der Waals surface area contributed by atoms with Gasteiger partial charge in [-0.3, -0.25) is 9.59 Å². The number of aromatic amines is 1. The van der Waals surface area contributed by atoms with Crippen molar-refractivity contribution in [2.45, 2.75) is 19.8 Å². The first-order valence-electron chi connectivity index (χ1n) is 10.3. The molecule has 7 nitrogen and oxygen atoms in total. The number of rotatable bonds is 6. The number of benzene rings is 2. The van der Waals surface area contributed by atoms with Crippen molar-refractivity contribution in [1.82, 2.24) is 19.8 Å². The zero-order valence-corrected chi connectivity index (χ0v) is 17.1. The van der Waals surface area contributed by atoms with E-state index in [-0.39, 0.29) is 11.8 Å². The third-order valence-corrected chi connectivity index (χ3v) is 5.41. The Morgan fingerprint density at radius 3 is 2.53 bits per heavy atom. The van der Waals surface area contributed by atoms with E-state index in [1.807, 2.05) is 53.1 Å². The Morgan fingerprint density at radius 2 is 1.77 bits per heavy atom. The highest BCUT2D eigenvalue weighted by Gasteiger charge is 2.24. The molecule has 0 bridgehead atoms. The average molecular weight is 406 g/mol. The molecule has 156 valence electrons. The molecule has 1 aliphatic heterocycles. The van der Waals surface area contributed by atoms with Crippen molar-refractivity contribution < 1.29 is 14.3 Å². The Labute approximate surface area is 175 Å². The minimum atomic E-state index is -0.00917. The summed E-state index contributed by atoms with van der Waals surface area (Å²) in [5, 5.41) is 0. The molecule has 1 N–H and O–H groups in total. The second-order valence-corrected chi connectivity index (χ2v) is 7.57. The third kappa shape index (κ3) is 4.62. The molecule has 0 saturated carbocycles. The molecule has 1 saturated heterocycles. The molecule has 30 heavy (non-hydrogen) atoms. The number of hydrogen-bond acceptors (Lipinski definition) is 4. The second kappa shape index (κ2) is 8.98. The van der Waals surface area contributed by atoms with E-state index >= 15 is 0 Å². The van der Waals surface area contributed by atoms with Crippen LogP contribution in [0.25, 0.3) is 11.0 Å². The largest absolute Gasteiger partial charge is 0.494 e. The lowest BCUT2D eigenvalue weighted by molar-refractivity contribution is -0.132. The van der Waals surface area contributed by atoms with Crippen LogP contribution < -0.4 is 4.74 Å². The molecule has 0 aliphatic carbocycles. The monoisotopic (exact) mass is 406 g/mol. The van der Waals surface area contributed by atoms with Crippen molar-refractivity contribution in [1.29, 1.82) is 0 Å². The molecule has 1 fully saturated rings. The highest BCUT2D eigenvalue weighted by atomic mass is 16.5. The van der Waals surface area contributed by atoms with Crippen LogP contribution in [-0.4, -0.2) is 64.4 Å². The van der Waals surface area contributed by atoms with Gasteiger partial charge in [-0.15, -0.1) is 0 Å². The fraction of sp³-hybridized carbons (Fsp3) is 0.348. The van der Waals surface area contributed by atoms with Crippen LogP contribution >= 0.6 is 0 Å². The number of carbonyl (C=O) groups is 2. The van der Waals surface area contributed by atoms with Crippen LogP contribution in [0, 0.1) is 6.92 Å². The van der Waals surface area contributed by atoms with Gasteiger partial charge < -0.3 is 19.5 Å². The maximum absolute atomic E-state index is 12.8. The van der Waals surface area contributed by atoms with Crippen molar-refractivity contribution in [3.8, 4) is 5.75 Å². The standard InChI is InChI=1S/C23H26N4O3/c1-17-4-7-19(8-5-17)30-14-2-3-22(28)26-10-12-27(13-11-26)23(29)18-6-9-20-21(15-18)25-16-24-20/h4-9,15-16H,2-3,10-14H2,1H3,(H,24,25). The molecule has 0 atom stereocenters. The van der Waals surface area contributed by atoms with Gasteiger partial charge in [0.1, 0.15) is 5.75 Å². The summed E-state index contributed by atoms with van der Waals surface area (Å²) in [5.74, 6) is 0.937. The molecule has 1 aliphatic rings. The van der Waals surface area contributed by atoms with Gasteiger partial charge in [-0.2, -0.15) is 0 Å². The molecule has 3 aromatic rings. The molecule has 1 aromatic heterocycles. The predicted molar refractivity (Wildman–Crippen MR) is 114 cm³/mol. The Morgan fingerprint density at radius 1 is 1.03 bits per heavy atom. The summed E-state index contributed by atoms with van der Waals surface area (Å²) >= 11 is 0. The zero-order chi connectivity index (χ0) is 20.9. The highest BCUT2D eigenvalue weighted by Crippen LogP contribution is 2.16. The lowest BCUT2D eigenvalue weighted by Crippen LogP contribution is -2.50. The normalized spacial score (nSPS) is 14.2. The third-order valence-electron chi connectivity index (χ3n) is 5.41. The summed E-state index contributed by atoms with van der Waals surface area (Å²) in [6.07, 6.45) is 2.75. The van der Waals surface area contributed by atoms with E-state index in [9.17, 15) is 9.59 Å². The fourth-order valence-corrected chi connectivity index (χ4v) is 3.62. The zero-order valence-electron chi connectivity index (χ0n) is 17.1. The molecule has 2 heterocycles. The molecule has 0 unspecified atom stereocenters. The topological polar surface area (TPSA) is 78.5 Å². The number of hydrogen-bond donors (Lipinski definition) is 1. The van der Waals surface area contributed by atoms with Gasteiger partial charge in [-0.1, -0.05) is 17.7 Å². The van der Waals surface area contributed by atoms with Crippen molar-refractivity contribution >= 4 is 22.8 Å². The van der Waals surface area contributed by atoms with Crippen LogP contribution in [0.1, 0.15) is 28.8 Å². The number of nitrogens with one attached hydrogen (secondary N) is 1. The number of aromatic nitrogens is 2. The molecule has 2 aromatic carbocycles. The number of imidazole rings is 1. The minimum Gasteiger partial charge on any atom is -0.494 e. The Bertz CT molecular complexity index is 1020. The smallest absolute Gasteiger partial charge is 0.254 e. The van der Waals surface area contributed by atoms with E-state index in [4.69, 9.17) is 4.74 Å². The van der Waals surface area contributed by atoms with Crippen LogP contribution in [0.3, 0.4) is 0 Å². The Balaban J connectivity index is 1.21.